The number of carbonyl (C=O) groups excluding carboxylic acids is 1. The number of benzene rings is 1. The van der Waals surface area contributed by atoms with Crippen molar-refractivity contribution in [1.29, 1.82) is 0 Å². The molecule has 0 radical (unpaired) electrons. The number of thiazole rings is 1. The smallest absolute Gasteiger partial charge is 0.369 e. The second-order valence-electron chi connectivity index (χ2n) is 9.38. The maximum atomic E-state index is 14.0. The number of hydrazine groups is 2. The van der Waals surface area contributed by atoms with Crippen LogP contribution < -0.4 is 26.2 Å². The summed E-state index contributed by atoms with van der Waals surface area (Å²) < 4.78 is 41.9. The SMILES string of the molecule is CCN1CCN(c2cc(NC(=O)c3cnc(C)c(N4C=C(c5cncs5)NN4)c3)cc(C(F)(F)F)c2C)CC1. The topological polar surface area (TPSA) is 88.7 Å². The first-order chi connectivity index (χ1) is 18.6. The molecule has 0 atom stereocenters. The summed E-state index contributed by atoms with van der Waals surface area (Å²) in [6.45, 7) is 9.01. The van der Waals surface area contributed by atoms with Gasteiger partial charge in [0.15, 0.2) is 0 Å². The number of pyridine rings is 1. The fourth-order valence-corrected chi connectivity index (χ4v) is 5.30. The van der Waals surface area contributed by atoms with Gasteiger partial charge in [-0.2, -0.15) is 13.2 Å². The van der Waals surface area contributed by atoms with Crippen molar-refractivity contribution in [2.75, 3.05) is 47.9 Å². The van der Waals surface area contributed by atoms with E-state index in [1.54, 1.807) is 35.8 Å². The predicted octanol–water partition coefficient (Wildman–Crippen LogP) is 4.40. The summed E-state index contributed by atoms with van der Waals surface area (Å²) in [5.41, 5.74) is 10.0. The van der Waals surface area contributed by atoms with Gasteiger partial charge >= 0.3 is 6.18 Å². The van der Waals surface area contributed by atoms with Crippen molar-refractivity contribution in [2.45, 2.75) is 26.9 Å². The van der Waals surface area contributed by atoms with Crippen molar-refractivity contribution in [2.24, 2.45) is 0 Å². The first kappa shape index (κ1) is 26.9. The van der Waals surface area contributed by atoms with Crippen LogP contribution in [-0.4, -0.2) is 53.5 Å². The van der Waals surface area contributed by atoms with Gasteiger partial charge in [0.05, 0.1) is 38.6 Å². The normalized spacial score (nSPS) is 16.3. The van der Waals surface area contributed by atoms with Gasteiger partial charge in [-0.25, -0.2) is 0 Å². The minimum absolute atomic E-state index is 0.0845. The summed E-state index contributed by atoms with van der Waals surface area (Å²) in [6.07, 6.45) is 0.410. The molecule has 1 aromatic carbocycles. The molecule has 1 fully saturated rings. The molecule has 39 heavy (non-hydrogen) atoms. The maximum Gasteiger partial charge on any atom is 0.416 e. The number of hydrogen-bond acceptors (Lipinski definition) is 9. The van der Waals surface area contributed by atoms with Crippen molar-refractivity contribution >= 4 is 40.0 Å². The Morgan fingerprint density at radius 2 is 1.87 bits per heavy atom. The van der Waals surface area contributed by atoms with E-state index < -0.39 is 17.6 Å². The number of alkyl halides is 3. The van der Waals surface area contributed by atoms with Gasteiger partial charge in [0, 0.05) is 56.1 Å². The second kappa shape index (κ2) is 10.8. The van der Waals surface area contributed by atoms with E-state index >= 15 is 0 Å². The number of carbonyl (C=O) groups is 1. The van der Waals surface area contributed by atoms with E-state index in [9.17, 15) is 18.0 Å². The van der Waals surface area contributed by atoms with E-state index in [0.29, 0.717) is 30.2 Å². The zero-order valence-electron chi connectivity index (χ0n) is 21.8. The number of nitrogens with one attached hydrogen (secondary N) is 3. The zero-order valence-corrected chi connectivity index (χ0v) is 22.6. The lowest BCUT2D eigenvalue weighted by atomic mass is 10.0. The van der Waals surface area contributed by atoms with E-state index in [-0.39, 0.29) is 16.8 Å². The molecule has 9 nitrogen and oxygen atoms in total. The Labute approximate surface area is 228 Å². The molecule has 2 aliphatic rings. The Balaban J connectivity index is 1.41. The number of aryl methyl sites for hydroxylation is 1. The summed E-state index contributed by atoms with van der Waals surface area (Å²) in [5, 5.41) is 4.36. The van der Waals surface area contributed by atoms with Gasteiger partial charge in [0.1, 0.15) is 0 Å². The van der Waals surface area contributed by atoms with Gasteiger partial charge in [-0.05, 0) is 44.2 Å². The number of nitrogens with zero attached hydrogens (tertiary/aromatic N) is 5. The number of hydrogen-bond donors (Lipinski definition) is 3. The quantitative estimate of drug-likeness (QED) is 0.411. The fourth-order valence-electron chi connectivity index (χ4n) is 4.71. The fraction of sp³-hybridized carbons (Fsp3) is 0.346. The highest BCUT2D eigenvalue weighted by Crippen LogP contribution is 2.39. The molecule has 4 heterocycles. The van der Waals surface area contributed by atoms with E-state index in [1.165, 1.54) is 24.5 Å². The van der Waals surface area contributed by atoms with Crippen LogP contribution in [0.3, 0.4) is 0 Å². The van der Waals surface area contributed by atoms with Crippen LogP contribution in [0, 0.1) is 13.8 Å². The molecule has 1 saturated heterocycles. The van der Waals surface area contributed by atoms with Gasteiger partial charge in [-0.1, -0.05) is 6.92 Å². The van der Waals surface area contributed by atoms with Crippen LogP contribution in [0.25, 0.3) is 5.70 Å². The van der Waals surface area contributed by atoms with Crippen molar-refractivity contribution < 1.29 is 18.0 Å². The van der Waals surface area contributed by atoms with Gasteiger partial charge in [0.25, 0.3) is 5.91 Å². The molecule has 0 saturated carbocycles. The highest BCUT2D eigenvalue weighted by atomic mass is 32.1. The molecule has 1 amide bonds. The van der Waals surface area contributed by atoms with Crippen LogP contribution in [0.1, 0.15) is 39.0 Å². The molecule has 3 aromatic rings. The summed E-state index contributed by atoms with van der Waals surface area (Å²) in [5.74, 6) is -0.554. The van der Waals surface area contributed by atoms with Crippen LogP contribution in [0.4, 0.5) is 30.2 Å². The van der Waals surface area contributed by atoms with Crippen molar-refractivity contribution in [1.82, 2.24) is 25.8 Å². The van der Waals surface area contributed by atoms with Crippen LogP contribution in [-0.2, 0) is 6.18 Å². The van der Waals surface area contributed by atoms with Crippen LogP contribution in [0.15, 0.2) is 42.3 Å². The molecule has 3 N–H and O–H groups in total. The largest absolute Gasteiger partial charge is 0.416 e. The number of piperazine rings is 1. The van der Waals surface area contributed by atoms with Crippen LogP contribution in [0.2, 0.25) is 0 Å². The average molecular weight is 559 g/mol. The molecule has 13 heteroatoms. The maximum absolute atomic E-state index is 14.0. The summed E-state index contributed by atoms with van der Waals surface area (Å²) in [6, 6.07) is 4.27. The standard InChI is InChI=1S/C26H29F3N8OS/c1-4-35-5-7-36(8-6-35)22-11-19(10-20(16(22)2)26(27,28)29)32-25(38)18-9-23(17(3)31-12-18)37-14-21(33-34-37)24-13-30-15-39-24/h9-15,33-34H,4-8H2,1-3H3,(H,32,38). The third-order valence-corrected chi connectivity index (χ3v) is 7.76. The van der Waals surface area contributed by atoms with Crippen molar-refractivity contribution in [3.63, 3.8) is 0 Å². The lowest BCUT2D eigenvalue weighted by Gasteiger charge is -2.37. The van der Waals surface area contributed by atoms with Gasteiger partial charge < -0.3 is 20.5 Å². The number of aromatic nitrogens is 2. The Morgan fingerprint density at radius 3 is 2.54 bits per heavy atom. The Bertz CT molecular complexity index is 1380. The van der Waals surface area contributed by atoms with Gasteiger partial charge in [0.2, 0.25) is 0 Å². The highest BCUT2D eigenvalue weighted by molar-refractivity contribution is 7.10. The monoisotopic (exact) mass is 558 g/mol. The van der Waals surface area contributed by atoms with Crippen molar-refractivity contribution in [3.8, 4) is 0 Å². The third-order valence-electron chi connectivity index (χ3n) is 6.95. The third kappa shape index (κ3) is 5.70. The number of halogens is 3. The predicted molar refractivity (Wildman–Crippen MR) is 146 cm³/mol. The van der Waals surface area contributed by atoms with E-state index in [1.807, 2.05) is 11.1 Å². The van der Waals surface area contributed by atoms with Crippen molar-refractivity contribution in [3.05, 3.63) is 69.6 Å². The molecule has 0 unspecified atom stereocenters. The molecule has 2 aromatic heterocycles. The second-order valence-corrected chi connectivity index (χ2v) is 10.3. The number of anilines is 3. The Kier molecular flexibility index (Phi) is 7.47. The molecule has 206 valence electrons. The van der Waals surface area contributed by atoms with Gasteiger partial charge in [-0.3, -0.25) is 19.8 Å². The minimum atomic E-state index is -4.56. The lowest BCUT2D eigenvalue weighted by molar-refractivity contribution is -0.138. The summed E-state index contributed by atoms with van der Waals surface area (Å²) in [4.78, 5) is 26.8. The summed E-state index contributed by atoms with van der Waals surface area (Å²) in [7, 11) is 0. The zero-order chi connectivity index (χ0) is 27.7. The van der Waals surface area contributed by atoms with Crippen LogP contribution in [0.5, 0.6) is 0 Å². The highest BCUT2D eigenvalue weighted by Gasteiger charge is 2.35. The lowest BCUT2D eigenvalue weighted by Crippen LogP contribution is -2.46. The molecule has 2 aliphatic heterocycles. The van der Waals surface area contributed by atoms with Gasteiger partial charge in [-0.15, -0.1) is 16.9 Å². The molecule has 5 rings (SSSR count). The molecular weight excluding hydrogens is 529 g/mol. The molecule has 0 spiro atoms. The molecule has 0 aliphatic carbocycles. The molecular formula is C26H29F3N8OS. The number of likely N-dealkylation sites (N-methyl/N-ethyl adjacent to an activating group) is 1. The number of amides is 1. The minimum Gasteiger partial charge on any atom is -0.369 e. The Hall–Kier alpha value is -3.68. The van der Waals surface area contributed by atoms with E-state index in [0.717, 1.165) is 36.3 Å². The number of rotatable bonds is 6. The first-order valence-electron chi connectivity index (χ1n) is 12.5. The Morgan fingerprint density at radius 1 is 1.10 bits per heavy atom. The summed E-state index contributed by atoms with van der Waals surface area (Å²) >= 11 is 1.47. The van der Waals surface area contributed by atoms with E-state index in [4.69, 9.17) is 0 Å². The first-order valence-corrected chi connectivity index (χ1v) is 13.4. The van der Waals surface area contributed by atoms with Crippen LogP contribution >= 0.6 is 11.3 Å². The molecule has 0 bridgehead atoms. The van der Waals surface area contributed by atoms with E-state index in [2.05, 4.69) is 38.1 Å². The average Bonchev–Trinajstić information content (AvgIpc) is 3.62.